The molecule has 0 unspecified atom stereocenters. The molecule has 34 heavy (non-hydrogen) atoms. The third-order valence-corrected chi connectivity index (χ3v) is 6.78. The van der Waals surface area contributed by atoms with Gasteiger partial charge < -0.3 is 15.2 Å². The van der Waals surface area contributed by atoms with Crippen molar-refractivity contribution < 1.29 is 9.59 Å². The van der Waals surface area contributed by atoms with Crippen LogP contribution in [0.2, 0.25) is 5.02 Å². The van der Waals surface area contributed by atoms with Crippen LogP contribution in [0.25, 0.3) is 11.4 Å². The Kier molecular flexibility index (Phi) is 7.66. The van der Waals surface area contributed by atoms with Gasteiger partial charge in [0.05, 0.1) is 11.3 Å². The number of halogens is 2. The molecular weight excluding hydrogens is 538 g/mol. The Morgan fingerprint density at radius 1 is 0.941 bits per heavy atom. The minimum Gasteiger partial charge on any atom is -0.325 e. The number of amides is 2. The normalized spacial score (nSPS) is 10.7. The second-order valence-electron chi connectivity index (χ2n) is 7.22. The molecular formula is C24H19BrClN5O2S. The van der Waals surface area contributed by atoms with Crippen LogP contribution in [0.4, 0.5) is 11.4 Å². The van der Waals surface area contributed by atoms with E-state index >= 15 is 0 Å². The van der Waals surface area contributed by atoms with Crippen molar-refractivity contribution in [1.29, 1.82) is 0 Å². The Morgan fingerprint density at radius 2 is 1.59 bits per heavy atom. The summed E-state index contributed by atoms with van der Waals surface area (Å²) in [6.07, 6.45) is 0. The van der Waals surface area contributed by atoms with E-state index in [2.05, 4.69) is 36.8 Å². The molecule has 2 N–H and O–H groups in total. The zero-order valence-corrected chi connectivity index (χ0v) is 21.1. The maximum absolute atomic E-state index is 12.5. The second kappa shape index (κ2) is 10.9. The van der Waals surface area contributed by atoms with Gasteiger partial charge in [0.1, 0.15) is 0 Å². The Bertz CT molecular complexity index is 1330. The summed E-state index contributed by atoms with van der Waals surface area (Å²) in [5.74, 6) is 0.495. The fourth-order valence-electron chi connectivity index (χ4n) is 3.10. The van der Waals surface area contributed by atoms with Crippen molar-refractivity contribution in [3.63, 3.8) is 0 Å². The van der Waals surface area contributed by atoms with Gasteiger partial charge in [-0.25, -0.2) is 0 Å². The summed E-state index contributed by atoms with van der Waals surface area (Å²) in [4.78, 5) is 24.7. The monoisotopic (exact) mass is 555 g/mol. The maximum Gasteiger partial charge on any atom is 0.256 e. The highest BCUT2D eigenvalue weighted by atomic mass is 79.9. The zero-order chi connectivity index (χ0) is 24.1. The van der Waals surface area contributed by atoms with E-state index in [4.69, 9.17) is 11.6 Å². The number of thioether (sulfide) groups is 1. The Balaban J connectivity index is 1.37. The molecule has 4 aromatic rings. The van der Waals surface area contributed by atoms with Crippen LogP contribution >= 0.6 is 39.3 Å². The number of nitrogens with zero attached hydrogens (tertiary/aromatic N) is 3. The van der Waals surface area contributed by atoms with Gasteiger partial charge in [-0.15, -0.1) is 10.2 Å². The van der Waals surface area contributed by atoms with Crippen molar-refractivity contribution in [1.82, 2.24) is 14.8 Å². The molecule has 0 radical (unpaired) electrons. The first kappa shape index (κ1) is 24.0. The van der Waals surface area contributed by atoms with E-state index in [9.17, 15) is 9.59 Å². The molecule has 0 fully saturated rings. The van der Waals surface area contributed by atoms with Crippen LogP contribution in [0, 0.1) is 0 Å². The maximum atomic E-state index is 12.5. The Morgan fingerprint density at radius 3 is 2.29 bits per heavy atom. The average molecular weight is 557 g/mol. The number of rotatable bonds is 7. The molecule has 3 aromatic carbocycles. The van der Waals surface area contributed by atoms with E-state index < -0.39 is 0 Å². The van der Waals surface area contributed by atoms with Gasteiger partial charge >= 0.3 is 0 Å². The molecule has 0 aliphatic rings. The molecule has 2 amide bonds. The average Bonchev–Trinajstić information content (AvgIpc) is 3.20. The van der Waals surface area contributed by atoms with Crippen molar-refractivity contribution in [2.45, 2.75) is 5.16 Å². The first-order chi connectivity index (χ1) is 16.4. The van der Waals surface area contributed by atoms with Crippen molar-refractivity contribution in [3.8, 4) is 11.4 Å². The minimum absolute atomic E-state index is 0.151. The number of aromatic nitrogens is 3. The standard InChI is InChI=1S/C24H19BrClN5O2S/c1-31-22(29-30-24(31)34-14-21(32)27-17-12-8-16(26)9-13-17)15-6-10-18(11-7-15)28-23(33)19-4-2-3-5-20(19)25/h2-13H,14H2,1H3,(H,27,32)(H,28,33). The lowest BCUT2D eigenvalue weighted by molar-refractivity contribution is -0.113. The lowest BCUT2D eigenvalue weighted by Crippen LogP contribution is -2.14. The number of hydrogen-bond donors (Lipinski definition) is 2. The highest BCUT2D eigenvalue weighted by molar-refractivity contribution is 9.10. The topological polar surface area (TPSA) is 88.9 Å². The van der Waals surface area contributed by atoms with Gasteiger partial charge in [0, 0.05) is 33.5 Å². The van der Waals surface area contributed by atoms with Gasteiger partial charge in [0.2, 0.25) is 5.91 Å². The van der Waals surface area contributed by atoms with Crippen molar-refractivity contribution in [2.75, 3.05) is 16.4 Å². The second-order valence-corrected chi connectivity index (χ2v) is 9.45. The van der Waals surface area contributed by atoms with Crippen LogP contribution in [0.15, 0.2) is 82.4 Å². The van der Waals surface area contributed by atoms with E-state index in [1.807, 2.05) is 54.1 Å². The smallest absolute Gasteiger partial charge is 0.256 e. The molecule has 1 heterocycles. The van der Waals surface area contributed by atoms with Crippen LogP contribution in [-0.4, -0.2) is 32.3 Å². The molecule has 0 spiro atoms. The number of hydrogen-bond acceptors (Lipinski definition) is 5. The molecule has 7 nitrogen and oxygen atoms in total. The molecule has 172 valence electrons. The van der Waals surface area contributed by atoms with Crippen LogP contribution in [0.3, 0.4) is 0 Å². The largest absolute Gasteiger partial charge is 0.325 e. The molecule has 1 aromatic heterocycles. The third-order valence-electron chi connectivity index (χ3n) is 4.81. The molecule has 0 saturated carbocycles. The third kappa shape index (κ3) is 5.85. The summed E-state index contributed by atoms with van der Waals surface area (Å²) in [7, 11) is 1.84. The quantitative estimate of drug-likeness (QED) is 0.278. The Labute approximate surface area is 214 Å². The van der Waals surface area contributed by atoms with Gasteiger partial charge in [-0.3, -0.25) is 9.59 Å². The lowest BCUT2D eigenvalue weighted by Gasteiger charge is -2.08. The van der Waals surface area contributed by atoms with E-state index in [0.29, 0.717) is 32.9 Å². The fourth-order valence-corrected chi connectivity index (χ4v) is 4.40. The van der Waals surface area contributed by atoms with Gasteiger partial charge in [-0.2, -0.15) is 0 Å². The predicted octanol–water partition coefficient (Wildman–Crippen LogP) is 5.88. The van der Waals surface area contributed by atoms with Crippen molar-refractivity contribution in [3.05, 3.63) is 87.9 Å². The number of carbonyl (C=O) groups excluding carboxylic acids is 2. The minimum atomic E-state index is -0.200. The summed E-state index contributed by atoms with van der Waals surface area (Å²) < 4.78 is 2.56. The molecule has 4 rings (SSSR count). The van der Waals surface area contributed by atoms with E-state index in [1.165, 1.54) is 11.8 Å². The first-order valence-corrected chi connectivity index (χ1v) is 12.3. The first-order valence-electron chi connectivity index (χ1n) is 10.1. The van der Waals surface area contributed by atoms with Gasteiger partial charge in [-0.05, 0) is 76.6 Å². The van der Waals surface area contributed by atoms with Gasteiger partial charge in [0.25, 0.3) is 5.91 Å². The highest BCUT2D eigenvalue weighted by Crippen LogP contribution is 2.25. The molecule has 0 bridgehead atoms. The number of carbonyl (C=O) groups is 2. The molecule has 0 aliphatic heterocycles. The van der Waals surface area contributed by atoms with Crippen LogP contribution in [-0.2, 0) is 11.8 Å². The fraction of sp³-hybridized carbons (Fsp3) is 0.0833. The van der Waals surface area contributed by atoms with Crippen LogP contribution < -0.4 is 10.6 Å². The summed E-state index contributed by atoms with van der Waals surface area (Å²) in [6.45, 7) is 0. The van der Waals surface area contributed by atoms with Crippen LogP contribution in [0.1, 0.15) is 10.4 Å². The molecule has 0 atom stereocenters. The number of anilines is 2. The van der Waals surface area contributed by atoms with E-state index in [1.54, 1.807) is 30.3 Å². The lowest BCUT2D eigenvalue weighted by atomic mass is 10.1. The Hall–Kier alpha value is -3.14. The van der Waals surface area contributed by atoms with Crippen molar-refractivity contribution in [2.24, 2.45) is 7.05 Å². The van der Waals surface area contributed by atoms with E-state index in [0.717, 1.165) is 10.0 Å². The summed E-state index contributed by atoms with van der Waals surface area (Å²) in [6, 6.07) is 21.5. The zero-order valence-electron chi connectivity index (χ0n) is 18.0. The highest BCUT2D eigenvalue weighted by Gasteiger charge is 2.14. The van der Waals surface area contributed by atoms with Crippen LogP contribution in [0.5, 0.6) is 0 Å². The summed E-state index contributed by atoms with van der Waals surface area (Å²) in [5, 5.41) is 15.4. The molecule has 0 saturated heterocycles. The van der Waals surface area contributed by atoms with E-state index in [-0.39, 0.29) is 17.6 Å². The number of nitrogens with one attached hydrogen (secondary N) is 2. The summed E-state index contributed by atoms with van der Waals surface area (Å²) >= 11 is 10.6. The van der Waals surface area contributed by atoms with Gasteiger partial charge in [0.15, 0.2) is 11.0 Å². The molecule has 0 aliphatic carbocycles. The SMILES string of the molecule is Cn1c(SCC(=O)Nc2ccc(Cl)cc2)nnc1-c1ccc(NC(=O)c2ccccc2Br)cc1. The van der Waals surface area contributed by atoms with Crippen molar-refractivity contribution >= 4 is 62.5 Å². The summed E-state index contributed by atoms with van der Waals surface area (Å²) in [5.41, 5.74) is 2.74. The molecule has 10 heteroatoms. The van der Waals surface area contributed by atoms with Gasteiger partial charge in [-0.1, -0.05) is 35.5 Å². The predicted molar refractivity (Wildman–Crippen MR) is 139 cm³/mol. The number of benzene rings is 3.